The van der Waals surface area contributed by atoms with E-state index < -0.39 is 5.25 Å². The molecule has 0 saturated heterocycles. The van der Waals surface area contributed by atoms with Gasteiger partial charge in [-0.3, -0.25) is 9.36 Å². The summed E-state index contributed by atoms with van der Waals surface area (Å²) < 4.78 is 2.25. The summed E-state index contributed by atoms with van der Waals surface area (Å²) in [5, 5.41) is 13.4. The molecule has 0 radical (unpaired) electrons. The van der Waals surface area contributed by atoms with Crippen LogP contribution in [0.25, 0.3) is 11.4 Å². The number of halogens is 2. The van der Waals surface area contributed by atoms with E-state index in [1.807, 2.05) is 30.3 Å². The summed E-state index contributed by atoms with van der Waals surface area (Å²) in [6, 6.07) is 23.7. The summed E-state index contributed by atoms with van der Waals surface area (Å²) in [5.41, 5.74) is 3.81. The Morgan fingerprint density at radius 1 is 0.949 bits per heavy atom. The molecule has 1 fully saturated rings. The molecule has 8 heteroatoms. The van der Waals surface area contributed by atoms with E-state index in [0.29, 0.717) is 21.8 Å². The fraction of sp³-hybridized carbons (Fsp3) is 0.323. The second-order valence-electron chi connectivity index (χ2n) is 11.0. The quantitative estimate of drug-likeness (QED) is 0.222. The zero-order chi connectivity index (χ0) is 27.6. The van der Waals surface area contributed by atoms with Gasteiger partial charge in [-0.05, 0) is 47.6 Å². The zero-order valence-electron chi connectivity index (χ0n) is 22.3. The maximum Gasteiger partial charge on any atom is 0.242 e. The standard InChI is InChI=1S/C31H32Cl2N4OS/c1-31(2,3)22-15-13-21(14-16-22)28-35-36-30(37(28)26-11-7-8-12-26)39-27(20-9-5-4-6-10-20)29(38)34-25-18-23(32)17-24(33)19-25/h4-6,9-10,13-19,26-27H,7-8,11-12H2,1-3H3,(H,34,38). The molecule has 39 heavy (non-hydrogen) atoms. The molecule has 5 rings (SSSR count). The van der Waals surface area contributed by atoms with Crippen LogP contribution < -0.4 is 5.32 Å². The van der Waals surface area contributed by atoms with Crippen LogP contribution in [0.5, 0.6) is 0 Å². The van der Waals surface area contributed by atoms with Crippen LogP contribution in [0.15, 0.2) is 78.0 Å². The minimum Gasteiger partial charge on any atom is -0.325 e. The average molecular weight is 580 g/mol. The topological polar surface area (TPSA) is 59.8 Å². The van der Waals surface area contributed by atoms with Gasteiger partial charge in [0.15, 0.2) is 11.0 Å². The van der Waals surface area contributed by atoms with Crippen molar-refractivity contribution >= 4 is 46.6 Å². The van der Waals surface area contributed by atoms with Crippen LogP contribution in [0, 0.1) is 0 Å². The highest BCUT2D eigenvalue weighted by atomic mass is 35.5. The highest BCUT2D eigenvalue weighted by Crippen LogP contribution is 2.42. The molecule has 0 bridgehead atoms. The monoisotopic (exact) mass is 578 g/mol. The first kappa shape index (κ1) is 27.8. The molecule has 1 unspecified atom stereocenters. The van der Waals surface area contributed by atoms with Crippen molar-refractivity contribution in [1.82, 2.24) is 14.8 Å². The number of amides is 1. The Balaban J connectivity index is 1.51. The normalized spacial score (nSPS) is 14.9. The minimum absolute atomic E-state index is 0.0716. The van der Waals surface area contributed by atoms with Gasteiger partial charge in [0.25, 0.3) is 0 Å². The Morgan fingerprint density at radius 2 is 1.59 bits per heavy atom. The first-order chi connectivity index (χ1) is 18.7. The highest BCUT2D eigenvalue weighted by Gasteiger charge is 2.30. The average Bonchev–Trinajstić information content (AvgIpc) is 3.56. The lowest BCUT2D eigenvalue weighted by atomic mass is 9.86. The van der Waals surface area contributed by atoms with Crippen LogP contribution in [0.4, 0.5) is 5.69 Å². The van der Waals surface area contributed by atoms with Crippen molar-refractivity contribution in [3.05, 3.63) is 94.0 Å². The maximum atomic E-state index is 13.7. The maximum absolute atomic E-state index is 13.7. The smallest absolute Gasteiger partial charge is 0.242 e. The molecule has 202 valence electrons. The molecule has 1 amide bonds. The van der Waals surface area contributed by atoms with E-state index in [4.69, 9.17) is 23.2 Å². The first-order valence-corrected chi connectivity index (χ1v) is 14.9. The van der Waals surface area contributed by atoms with Crippen molar-refractivity contribution in [3.8, 4) is 11.4 Å². The number of carbonyl (C=O) groups is 1. The fourth-order valence-electron chi connectivity index (χ4n) is 5.01. The number of carbonyl (C=O) groups excluding carboxylic acids is 1. The van der Waals surface area contributed by atoms with E-state index in [-0.39, 0.29) is 11.3 Å². The molecule has 1 saturated carbocycles. The molecule has 1 aliphatic rings. The number of nitrogens with one attached hydrogen (secondary N) is 1. The predicted octanol–water partition coefficient (Wildman–Crippen LogP) is 9.14. The number of benzene rings is 3. The second-order valence-corrected chi connectivity index (χ2v) is 12.9. The van der Waals surface area contributed by atoms with Crippen LogP contribution in [-0.4, -0.2) is 20.7 Å². The third kappa shape index (κ3) is 6.51. The molecule has 0 aliphatic heterocycles. The number of nitrogens with zero attached hydrogens (tertiary/aromatic N) is 3. The van der Waals surface area contributed by atoms with Gasteiger partial charge >= 0.3 is 0 Å². The van der Waals surface area contributed by atoms with Crippen molar-refractivity contribution in [1.29, 1.82) is 0 Å². The number of anilines is 1. The lowest BCUT2D eigenvalue weighted by Gasteiger charge is -2.21. The highest BCUT2D eigenvalue weighted by molar-refractivity contribution is 8.00. The molecule has 0 spiro atoms. The fourth-order valence-corrected chi connectivity index (χ4v) is 6.64. The number of aromatic nitrogens is 3. The SMILES string of the molecule is CC(C)(C)c1ccc(-c2nnc(SC(C(=O)Nc3cc(Cl)cc(Cl)c3)c3ccccc3)n2C2CCCC2)cc1. The van der Waals surface area contributed by atoms with Crippen LogP contribution in [0.3, 0.4) is 0 Å². The van der Waals surface area contributed by atoms with Gasteiger partial charge in [0.05, 0.1) is 0 Å². The second kappa shape index (κ2) is 11.7. The van der Waals surface area contributed by atoms with Gasteiger partial charge < -0.3 is 5.32 Å². The van der Waals surface area contributed by atoms with Gasteiger partial charge in [-0.25, -0.2) is 0 Å². The molecule has 1 heterocycles. The molecule has 5 nitrogen and oxygen atoms in total. The van der Waals surface area contributed by atoms with Crippen molar-refractivity contribution in [2.24, 2.45) is 0 Å². The van der Waals surface area contributed by atoms with E-state index in [0.717, 1.165) is 34.9 Å². The third-order valence-corrected chi connectivity index (χ3v) is 8.70. The third-order valence-electron chi connectivity index (χ3n) is 7.06. The number of hydrogen-bond acceptors (Lipinski definition) is 4. The predicted molar refractivity (Wildman–Crippen MR) is 162 cm³/mol. The summed E-state index contributed by atoms with van der Waals surface area (Å²) in [7, 11) is 0. The van der Waals surface area contributed by atoms with Gasteiger partial charge in [-0.1, -0.05) is 123 Å². The van der Waals surface area contributed by atoms with Crippen molar-refractivity contribution < 1.29 is 4.79 Å². The zero-order valence-corrected chi connectivity index (χ0v) is 24.7. The molecule has 3 aromatic carbocycles. The van der Waals surface area contributed by atoms with Crippen LogP contribution in [-0.2, 0) is 10.2 Å². The summed E-state index contributed by atoms with van der Waals surface area (Å²) in [6.07, 6.45) is 4.49. The van der Waals surface area contributed by atoms with Crippen LogP contribution in [0.2, 0.25) is 10.0 Å². The molecule has 1 aliphatic carbocycles. The Hall–Kier alpha value is -2.80. The molecule has 1 N–H and O–H groups in total. The van der Waals surface area contributed by atoms with Crippen LogP contribution >= 0.6 is 35.0 Å². The van der Waals surface area contributed by atoms with Crippen molar-refractivity contribution in [3.63, 3.8) is 0 Å². The van der Waals surface area contributed by atoms with E-state index in [2.05, 4.69) is 65.1 Å². The lowest BCUT2D eigenvalue weighted by molar-refractivity contribution is -0.115. The first-order valence-electron chi connectivity index (χ1n) is 13.2. The number of thioether (sulfide) groups is 1. The van der Waals surface area contributed by atoms with Gasteiger partial charge in [0, 0.05) is 27.3 Å². The lowest BCUT2D eigenvalue weighted by Crippen LogP contribution is -2.20. The molecular formula is C31H32Cl2N4OS. The number of rotatable bonds is 7. The van der Waals surface area contributed by atoms with E-state index in [1.165, 1.54) is 30.2 Å². The van der Waals surface area contributed by atoms with Gasteiger partial charge in [0.2, 0.25) is 5.91 Å². The molecule has 1 aromatic heterocycles. The van der Waals surface area contributed by atoms with Crippen LogP contribution in [0.1, 0.15) is 68.9 Å². The summed E-state index contributed by atoms with van der Waals surface area (Å²) in [6.45, 7) is 6.64. The van der Waals surface area contributed by atoms with Crippen molar-refractivity contribution in [2.45, 2.75) is 68.3 Å². The van der Waals surface area contributed by atoms with E-state index >= 15 is 0 Å². The summed E-state index contributed by atoms with van der Waals surface area (Å²) in [4.78, 5) is 13.7. The number of hydrogen-bond donors (Lipinski definition) is 1. The van der Waals surface area contributed by atoms with Crippen molar-refractivity contribution in [2.75, 3.05) is 5.32 Å². The Labute approximate surface area is 244 Å². The Bertz CT molecular complexity index is 1420. The van der Waals surface area contributed by atoms with E-state index in [1.54, 1.807) is 18.2 Å². The van der Waals surface area contributed by atoms with E-state index in [9.17, 15) is 4.79 Å². The van der Waals surface area contributed by atoms with Gasteiger partial charge in [-0.15, -0.1) is 10.2 Å². The minimum atomic E-state index is -0.551. The van der Waals surface area contributed by atoms with Gasteiger partial charge in [-0.2, -0.15) is 0 Å². The summed E-state index contributed by atoms with van der Waals surface area (Å²) in [5.74, 6) is 0.667. The van der Waals surface area contributed by atoms with Gasteiger partial charge in [0.1, 0.15) is 5.25 Å². The molecule has 1 atom stereocenters. The summed E-state index contributed by atoms with van der Waals surface area (Å²) >= 11 is 13.8. The molecular weight excluding hydrogens is 547 g/mol. The Morgan fingerprint density at radius 3 is 2.21 bits per heavy atom. The molecule has 4 aromatic rings. The largest absolute Gasteiger partial charge is 0.325 e. The Kier molecular flexibility index (Phi) is 8.36.